The molecule has 0 aromatic rings. The molecule has 212 valence electrons. The molecule has 0 radical (unpaired) electrons. The minimum atomic E-state index is -1.79. The largest absolute Gasteiger partial charge is 0.469 e. The summed E-state index contributed by atoms with van der Waals surface area (Å²) in [5, 5.41) is 70.3. The zero-order valence-electron chi connectivity index (χ0n) is 20.2. The Morgan fingerprint density at radius 1 is 0.861 bits per heavy atom. The fourth-order valence-electron chi connectivity index (χ4n) is 4.08. The molecule has 2 saturated heterocycles. The first-order valence-corrected chi connectivity index (χ1v) is 12.5. The number of esters is 1. The number of hydrogen-bond donors (Lipinski definition) is 7. The zero-order chi connectivity index (χ0) is 26.8. The highest BCUT2D eigenvalue weighted by molar-refractivity contribution is 6.19. The van der Waals surface area contributed by atoms with Gasteiger partial charge < -0.3 is 59.4 Å². The van der Waals surface area contributed by atoms with E-state index >= 15 is 0 Å². The maximum absolute atomic E-state index is 11.1. The quantitative estimate of drug-likeness (QED) is 0.0722. The number of hydrogen-bond acceptors (Lipinski definition) is 13. The van der Waals surface area contributed by atoms with Gasteiger partial charge in [-0.3, -0.25) is 4.79 Å². The van der Waals surface area contributed by atoms with Crippen molar-refractivity contribution in [2.75, 3.05) is 20.3 Å². The lowest BCUT2D eigenvalue weighted by atomic mass is 9.97. The van der Waals surface area contributed by atoms with E-state index < -0.39 is 73.6 Å². The number of alkyl halides is 1. The monoisotopic (exact) mass is 546 g/mol. The van der Waals surface area contributed by atoms with Gasteiger partial charge in [0.25, 0.3) is 0 Å². The van der Waals surface area contributed by atoms with Crippen molar-refractivity contribution in [3.8, 4) is 0 Å². The molecule has 14 heteroatoms. The number of carbonyl (C=O) groups is 1. The molecule has 1 unspecified atom stereocenters. The molecule has 36 heavy (non-hydrogen) atoms. The maximum Gasteiger partial charge on any atom is 0.305 e. The second-order valence-electron chi connectivity index (χ2n) is 8.94. The summed E-state index contributed by atoms with van der Waals surface area (Å²) in [6, 6.07) is 0. The molecular formula is C22H39ClO13. The number of aliphatic hydroxyl groups is 7. The van der Waals surface area contributed by atoms with Crippen LogP contribution in [0.3, 0.4) is 0 Å². The van der Waals surface area contributed by atoms with Gasteiger partial charge in [0.05, 0.1) is 13.7 Å². The number of halogens is 1. The summed E-state index contributed by atoms with van der Waals surface area (Å²) in [6.45, 7) is -0.420. The smallest absolute Gasteiger partial charge is 0.305 e. The zero-order valence-corrected chi connectivity index (χ0v) is 20.9. The second-order valence-corrected chi connectivity index (χ2v) is 9.39. The van der Waals surface area contributed by atoms with Crippen LogP contribution in [-0.4, -0.2) is 129 Å². The fraction of sp³-hybridized carbons (Fsp3) is 0.955. The topological polar surface area (TPSA) is 205 Å². The Balaban J connectivity index is 1.90. The molecule has 0 saturated carbocycles. The molecule has 2 aliphatic rings. The molecule has 0 spiro atoms. The lowest BCUT2D eigenvalue weighted by Crippen LogP contribution is -2.65. The van der Waals surface area contributed by atoms with E-state index in [1.165, 1.54) is 7.11 Å². The Morgan fingerprint density at radius 3 is 2.11 bits per heavy atom. The molecule has 2 fully saturated rings. The van der Waals surface area contributed by atoms with Gasteiger partial charge >= 0.3 is 5.97 Å². The summed E-state index contributed by atoms with van der Waals surface area (Å²) in [5.41, 5.74) is -1.74. The van der Waals surface area contributed by atoms with Gasteiger partial charge in [0.15, 0.2) is 18.1 Å². The van der Waals surface area contributed by atoms with Crippen molar-refractivity contribution in [2.24, 2.45) is 0 Å². The summed E-state index contributed by atoms with van der Waals surface area (Å²) in [4.78, 5) is 11.1. The van der Waals surface area contributed by atoms with Crippen LogP contribution in [0.1, 0.15) is 44.9 Å². The molecule has 2 heterocycles. The summed E-state index contributed by atoms with van der Waals surface area (Å²) in [7, 11) is 1.36. The van der Waals surface area contributed by atoms with Gasteiger partial charge in [0, 0.05) is 13.0 Å². The number of carbonyl (C=O) groups excluding carboxylic acids is 1. The van der Waals surface area contributed by atoms with E-state index in [9.17, 15) is 40.5 Å². The molecule has 11 atom stereocenters. The minimum Gasteiger partial charge on any atom is -0.469 e. The number of aliphatic hydroxyl groups excluding tert-OH is 7. The molecule has 0 aromatic carbocycles. The second kappa shape index (κ2) is 15.7. The molecule has 0 amide bonds. The predicted molar refractivity (Wildman–Crippen MR) is 121 cm³/mol. The summed E-state index contributed by atoms with van der Waals surface area (Å²) < 4.78 is 26.7. The molecule has 0 aliphatic carbocycles. The molecule has 2 rings (SSSR count). The molecule has 2 aliphatic heterocycles. The molecular weight excluding hydrogens is 508 g/mol. The predicted octanol–water partition coefficient (Wildman–Crippen LogP) is -1.90. The van der Waals surface area contributed by atoms with E-state index in [0.29, 0.717) is 12.8 Å². The van der Waals surface area contributed by atoms with Crippen LogP contribution in [0.2, 0.25) is 0 Å². The average molecular weight is 547 g/mol. The van der Waals surface area contributed by atoms with E-state index in [1.807, 2.05) is 0 Å². The van der Waals surface area contributed by atoms with Crippen molar-refractivity contribution in [3.05, 3.63) is 0 Å². The molecule has 0 bridgehead atoms. The van der Waals surface area contributed by atoms with E-state index in [4.69, 9.17) is 30.5 Å². The third-order valence-electron chi connectivity index (χ3n) is 6.28. The van der Waals surface area contributed by atoms with Gasteiger partial charge in [-0.05, 0) is 12.8 Å². The van der Waals surface area contributed by atoms with Crippen molar-refractivity contribution in [2.45, 2.75) is 112 Å². The number of rotatable bonds is 14. The van der Waals surface area contributed by atoms with E-state index in [-0.39, 0.29) is 12.6 Å². The van der Waals surface area contributed by atoms with Crippen LogP contribution in [-0.2, 0) is 28.5 Å². The standard InChI is InChI=1S/C22H39ClO13/c1-32-12(25)8-6-4-2-3-5-7-9-33-22-19(15(28)13(26)11(10-24)34-22)36-21-17(30)14(27)16(29)18(35-21)20(23)31/h11,13-22,24,26-31H,2-10H2,1H3/t11-,13-,14+,15+,16+,17-,18+,19-,20?,21-,22+/m1/s1. The highest BCUT2D eigenvalue weighted by Crippen LogP contribution is 2.31. The van der Waals surface area contributed by atoms with E-state index in [0.717, 1.165) is 32.1 Å². The number of ether oxygens (including phenoxy) is 5. The average Bonchev–Trinajstić information content (AvgIpc) is 2.86. The summed E-state index contributed by atoms with van der Waals surface area (Å²) >= 11 is 5.58. The minimum absolute atomic E-state index is 0.187. The first-order chi connectivity index (χ1) is 17.1. The maximum atomic E-state index is 11.1. The van der Waals surface area contributed by atoms with Gasteiger partial charge in [-0.15, -0.1) is 0 Å². The van der Waals surface area contributed by atoms with Gasteiger partial charge in [0.2, 0.25) is 0 Å². The van der Waals surface area contributed by atoms with Crippen LogP contribution >= 0.6 is 11.6 Å². The van der Waals surface area contributed by atoms with E-state index in [2.05, 4.69) is 4.74 Å². The van der Waals surface area contributed by atoms with Gasteiger partial charge in [-0.2, -0.15) is 0 Å². The first kappa shape index (κ1) is 31.5. The van der Waals surface area contributed by atoms with Crippen molar-refractivity contribution in [1.29, 1.82) is 0 Å². The first-order valence-electron chi connectivity index (χ1n) is 12.1. The van der Waals surface area contributed by atoms with Crippen molar-refractivity contribution in [1.82, 2.24) is 0 Å². The number of methoxy groups -OCH3 is 1. The Bertz CT molecular complexity index is 641. The van der Waals surface area contributed by atoms with Crippen LogP contribution < -0.4 is 0 Å². The highest BCUT2D eigenvalue weighted by atomic mass is 35.5. The van der Waals surface area contributed by atoms with Crippen LogP contribution in [0.15, 0.2) is 0 Å². The van der Waals surface area contributed by atoms with Gasteiger partial charge in [-0.25, -0.2) is 0 Å². The van der Waals surface area contributed by atoms with Crippen molar-refractivity contribution >= 4 is 17.6 Å². The fourth-order valence-corrected chi connectivity index (χ4v) is 4.29. The molecule has 0 aromatic heterocycles. The Hall–Kier alpha value is -0.680. The Kier molecular flexibility index (Phi) is 13.7. The van der Waals surface area contributed by atoms with Gasteiger partial charge in [-0.1, -0.05) is 37.3 Å². The summed E-state index contributed by atoms with van der Waals surface area (Å²) in [6.07, 6.45) is -10.2. The molecule has 7 N–H and O–H groups in total. The summed E-state index contributed by atoms with van der Waals surface area (Å²) in [5.74, 6) is -0.229. The lowest BCUT2D eigenvalue weighted by molar-refractivity contribution is -0.368. The van der Waals surface area contributed by atoms with Crippen molar-refractivity contribution in [3.63, 3.8) is 0 Å². The van der Waals surface area contributed by atoms with E-state index in [1.54, 1.807) is 0 Å². The van der Waals surface area contributed by atoms with Crippen LogP contribution in [0.4, 0.5) is 0 Å². The Labute approximate surface area is 214 Å². The highest BCUT2D eigenvalue weighted by Gasteiger charge is 2.51. The van der Waals surface area contributed by atoms with Crippen LogP contribution in [0, 0.1) is 0 Å². The number of unbranched alkanes of at least 4 members (excludes halogenated alkanes) is 5. The van der Waals surface area contributed by atoms with Crippen molar-refractivity contribution < 1.29 is 64.2 Å². The third kappa shape index (κ3) is 8.68. The lowest BCUT2D eigenvalue weighted by Gasteiger charge is -2.46. The van der Waals surface area contributed by atoms with Crippen LogP contribution in [0.5, 0.6) is 0 Å². The third-order valence-corrected chi connectivity index (χ3v) is 6.53. The molecule has 13 nitrogen and oxygen atoms in total. The van der Waals surface area contributed by atoms with Gasteiger partial charge in [0.1, 0.15) is 48.8 Å². The Morgan fingerprint density at radius 2 is 1.50 bits per heavy atom. The van der Waals surface area contributed by atoms with Crippen LogP contribution in [0.25, 0.3) is 0 Å². The normalized spacial score (nSPS) is 38.0. The SMILES string of the molecule is COC(=O)CCCCCCCCO[C@H]1O[C@H](CO)[C@@H](O)[C@H](O)[C@H]1O[C@H]1O[C@H](C(O)Cl)[C@@H](O)[C@H](O)[C@H]1O.